The smallest absolute Gasteiger partial charge is 0.282 e. The molecule has 0 bridgehead atoms. The molecule has 0 unspecified atom stereocenters. The average molecular weight is 285 g/mol. The molecule has 0 aromatic heterocycles. The molecule has 1 fully saturated rings. The van der Waals surface area contributed by atoms with E-state index < -0.39 is 10.8 Å². The monoisotopic (exact) mass is 284 g/mol. The molecule has 0 spiro atoms. The Kier molecular flexibility index (Phi) is 4.34. The summed E-state index contributed by atoms with van der Waals surface area (Å²) in [6.07, 6.45) is 1.42. The number of carbonyl (C=O) groups excluding carboxylic acids is 1. The molecule has 0 saturated carbocycles. The summed E-state index contributed by atoms with van der Waals surface area (Å²) >= 11 is 5.79. The third-order valence-electron chi connectivity index (χ3n) is 2.96. The van der Waals surface area contributed by atoms with Crippen LogP contribution in [0.15, 0.2) is 18.2 Å². The zero-order chi connectivity index (χ0) is 13.8. The maximum Gasteiger partial charge on any atom is 0.282 e. The predicted molar refractivity (Wildman–Crippen MR) is 69.4 cm³/mol. The molecule has 0 radical (unpaired) electrons. The lowest BCUT2D eigenvalue weighted by molar-refractivity contribution is -0.385. The van der Waals surface area contributed by atoms with Gasteiger partial charge in [-0.3, -0.25) is 14.9 Å². The Balaban J connectivity index is 2.17. The SMILES string of the molecule is O=C(NC1CCOCC1)c1cc(Cl)ccc1[N+](=O)[O-]. The van der Waals surface area contributed by atoms with Gasteiger partial charge in [-0.15, -0.1) is 0 Å². The quantitative estimate of drug-likeness (QED) is 0.681. The highest BCUT2D eigenvalue weighted by molar-refractivity contribution is 6.31. The Labute approximate surface area is 114 Å². The van der Waals surface area contributed by atoms with Crippen LogP contribution < -0.4 is 5.32 Å². The van der Waals surface area contributed by atoms with Crippen LogP contribution in [0.4, 0.5) is 5.69 Å². The number of nitrogens with zero attached hydrogens (tertiary/aromatic N) is 1. The summed E-state index contributed by atoms with van der Waals surface area (Å²) in [6.45, 7) is 1.17. The number of nitro benzene ring substituents is 1. The van der Waals surface area contributed by atoms with Crippen molar-refractivity contribution in [2.75, 3.05) is 13.2 Å². The minimum Gasteiger partial charge on any atom is -0.381 e. The minimum atomic E-state index is -0.588. The van der Waals surface area contributed by atoms with Gasteiger partial charge in [-0.2, -0.15) is 0 Å². The number of halogens is 1. The summed E-state index contributed by atoms with van der Waals surface area (Å²) in [4.78, 5) is 22.4. The van der Waals surface area contributed by atoms with Crippen LogP contribution >= 0.6 is 11.6 Å². The highest BCUT2D eigenvalue weighted by Crippen LogP contribution is 2.23. The Morgan fingerprint density at radius 2 is 2.11 bits per heavy atom. The molecule has 7 heteroatoms. The molecule has 1 N–H and O–H groups in total. The van der Waals surface area contributed by atoms with Crippen LogP contribution in [0.5, 0.6) is 0 Å². The first kappa shape index (κ1) is 13.8. The van der Waals surface area contributed by atoms with Gasteiger partial charge in [0.25, 0.3) is 11.6 Å². The Morgan fingerprint density at radius 3 is 2.74 bits per heavy atom. The first-order chi connectivity index (χ1) is 9.08. The molecule has 1 aromatic carbocycles. The maximum absolute atomic E-state index is 12.1. The van der Waals surface area contributed by atoms with Gasteiger partial charge in [0.15, 0.2) is 0 Å². The van der Waals surface area contributed by atoms with Crippen LogP contribution in [-0.2, 0) is 4.74 Å². The van der Waals surface area contributed by atoms with E-state index in [9.17, 15) is 14.9 Å². The van der Waals surface area contributed by atoms with E-state index in [-0.39, 0.29) is 17.3 Å². The zero-order valence-electron chi connectivity index (χ0n) is 10.1. The van der Waals surface area contributed by atoms with E-state index in [0.29, 0.717) is 31.1 Å². The number of nitro groups is 1. The first-order valence-corrected chi connectivity index (χ1v) is 6.28. The van der Waals surface area contributed by atoms with E-state index in [1.165, 1.54) is 18.2 Å². The number of carbonyl (C=O) groups is 1. The van der Waals surface area contributed by atoms with Crippen molar-refractivity contribution in [2.24, 2.45) is 0 Å². The van der Waals surface area contributed by atoms with Gasteiger partial charge in [-0.25, -0.2) is 0 Å². The van der Waals surface area contributed by atoms with Crippen molar-refractivity contribution >= 4 is 23.2 Å². The molecule has 0 aliphatic carbocycles. The number of benzene rings is 1. The highest BCUT2D eigenvalue weighted by Gasteiger charge is 2.23. The van der Waals surface area contributed by atoms with Crippen molar-refractivity contribution in [1.29, 1.82) is 0 Å². The molecular weight excluding hydrogens is 272 g/mol. The van der Waals surface area contributed by atoms with Gasteiger partial charge in [-0.05, 0) is 25.0 Å². The van der Waals surface area contributed by atoms with Crippen molar-refractivity contribution < 1.29 is 14.5 Å². The largest absolute Gasteiger partial charge is 0.381 e. The minimum absolute atomic E-state index is 0.0102. The summed E-state index contributed by atoms with van der Waals surface area (Å²) in [5.41, 5.74) is -0.252. The molecule has 1 amide bonds. The van der Waals surface area contributed by atoms with Crippen LogP contribution in [0.25, 0.3) is 0 Å². The van der Waals surface area contributed by atoms with Crippen LogP contribution in [0.2, 0.25) is 5.02 Å². The van der Waals surface area contributed by atoms with E-state index >= 15 is 0 Å². The summed E-state index contributed by atoms with van der Waals surface area (Å²) in [6, 6.07) is 3.93. The summed E-state index contributed by atoms with van der Waals surface area (Å²) < 4.78 is 5.19. The number of hydrogen-bond donors (Lipinski definition) is 1. The van der Waals surface area contributed by atoms with E-state index in [1.807, 2.05) is 0 Å². The number of hydrogen-bond acceptors (Lipinski definition) is 4. The van der Waals surface area contributed by atoms with Gasteiger partial charge in [0.1, 0.15) is 5.56 Å². The Morgan fingerprint density at radius 1 is 1.42 bits per heavy atom. The molecule has 1 saturated heterocycles. The van der Waals surface area contributed by atoms with Crippen molar-refractivity contribution in [3.05, 3.63) is 38.9 Å². The first-order valence-electron chi connectivity index (χ1n) is 5.90. The summed E-state index contributed by atoms with van der Waals surface area (Å²) in [5.74, 6) is -0.471. The Bertz CT molecular complexity index is 501. The summed E-state index contributed by atoms with van der Waals surface area (Å²) in [5, 5.41) is 14.0. The fourth-order valence-electron chi connectivity index (χ4n) is 1.95. The molecule has 1 aliphatic rings. The second kappa shape index (κ2) is 5.99. The number of rotatable bonds is 3. The van der Waals surface area contributed by atoms with Crippen molar-refractivity contribution in [3.63, 3.8) is 0 Å². The van der Waals surface area contributed by atoms with Gasteiger partial charge in [0.05, 0.1) is 4.92 Å². The van der Waals surface area contributed by atoms with Crippen molar-refractivity contribution in [3.8, 4) is 0 Å². The van der Waals surface area contributed by atoms with Gasteiger partial charge >= 0.3 is 0 Å². The van der Waals surface area contributed by atoms with E-state index in [1.54, 1.807) is 0 Å². The lowest BCUT2D eigenvalue weighted by atomic mass is 10.1. The lowest BCUT2D eigenvalue weighted by Gasteiger charge is -2.23. The van der Waals surface area contributed by atoms with Gasteiger partial charge in [-0.1, -0.05) is 11.6 Å². The molecule has 19 heavy (non-hydrogen) atoms. The fraction of sp³-hybridized carbons (Fsp3) is 0.417. The van der Waals surface area contributed by atoms with Crippen LogP contribution in [0, 0.1) is 10.1 Å². The van der Waals surface area contributed by atoms with E-state index in [4.69, 9.17) is 16.3 Å². The zero-order valence-corrected chi connectivity index (χ0v) is 10.9. The predicted octanol–water partition coefficient (Wildman–Crippen LogP) is 2.16. The topological polar surface area (TPSA) is 81.5 Å². The maximum atomic E-state index is 12.1. The van der Waals surface area contributed by atoms with Gasteiger partial charge in [0.2, 0.25) is 0 Å². The second-order valence-corrected chi connectivity index (χ2v) is 4.72. The van der Waals surface area contributed by atoms with E-state index in [2.05, 4.69) is 5.32 Å². The molecule has 6 nitrogen and oxygen atoms in total. The van der Waals surface area contributed by atoms with Crippen LogP contribution in [0.1, 0.15) is 23.2 Å². The lowest BCUT2D eigenvalue weighted by Crippen LogP contribution is -2.39. The fourth-order valence-corrected chi connectivity index (χ4v) is 2.13. The van der Waals surface area contributed by atoms with Gasteiger partial charge < -0.3 is 10.1 Å². The third-order valence-corrected chi connectivity index (χ3v) is 3.19. The molecule has 102 valence electrons. The van der Waals surface area contributed by atoms with Crippen LogP contribution in [0.3, 0.4) is 0 Å². The number of nitrogens with one attached hydrogen (secondary N) is 1. The van der Waals surface area contributed by atoms with E-state index in [0.717, 1.165) is 0 Å². The summed E-state index contributed by atoms with van der Waals surface area (Å²) in [7, 11) is 0. The molecule has 1 heterocycles. The molecule has 2 rings (SSSR count). The average Bonchev–Trinajstić information content (AvgIpc) is 2.39. The molecule has 0 atom stereocenters. The van der Waals surface area contributed by atoms with Crippen LogP contribution in [-0.4, -0.2) is 30.1 Å². The normalized spacial score (nSPS) is 16.1. The molecule has 1 aliphatic heterocycles. The Hall–Kier alpha value is -1.66. The highest BCUT2D eigenvalue weighted by atomic mass is 35.5. The van der Waals surface area contributed by atoms with Gasteiger partial charge in [0, 0.05) is 30.3 Å². The number of ether oxygens (including phenoxy) is 1. The number of amides is 1. The van der Waals surface area contributed by atoms with Crippen molar-refractivity contribution in [2.45, 2.75) is 18.9 Å². The standard InChI is InChI=1S/C12H13ClN2O4/c13-8-1-2-11(15(17)18)10(7-8)12(16)14-9-3-5-19-6-4-9/h1-2,7,9H,3-6H2,(H,14,16). The third kappa shape index (κ3) is 3.42. The van der Waals surface area contributed by atoms with Crippen molar-refractivity contribution in [1.82, 2.24) is 5.32 Å². The molecule has 1 aromatic rings. The molecular formula is C12H13ClN2O4. The second-order valence-electron chi connectivity index (χ2n) is 4.28.